The molecule has 1 unspecified atom stereocenters. The molecule has 4 nitrogen and oxygen atoms in total. The predicted molar refractivity (Wildman–Crippen MR) is 51.2 cm³/mol. The zero-order valence-corrected chi connectivity index (χ0v) is 7.70. The minimum absolute atomic E-state index is 0.0222. The molecule has 4 N–H and O–H groups in total. The van der Waals surface area contributed by atoms with Crippen LogP contribution in [0.3, 0.4) is 0 Å². The number of hydrogen-bond acceptors (Lipinski definition) is 4. The summed E-state index contributed by atoms with van der Waals surface area (Å²) in [6.45, 7) is 1.12. The lowest BCUT2D eigenvalue weighted by molar-refractivity contribution is 0.0559. The van der Waals surface area contributed by atoms with Gasteiger partial charge in [0.15, 0.2) is 0 Å². The van der Waals surface area contributed by atoms with E-state index < -0.39 is 5.60 Å². The largest absolute Gasteiger partial charge is 0.508 e. The Balaban J connectivity index is 2.44. The maximum absolute atomic E-state index is 10.1. The average Bonchev–Trinajstić information content (AvgIpc) is 2.58. The van der Waals surface area contributed by atoms with Gasteiger partial charge in [0.1, 0.15) is 17.1 Å². The lowest BCUT2D eigenvalue weighted by Crippen LogP contribution is -2.28. The van der Waals surface area contributed by atoms with E-state index in [1.54, 1.807) is 0 Å². The second kappa shape index (κ2) is 3.15. The van der Waals surface area contributed by atoms with E-state index >= 15 is 0 Å². The van der Waals surface area contributed by atoms with Crippen LogP contribution in [0.25, 0.3) is 0 Å². The van der Waals surface area contributed by atoms with Crippen LogP contribution in [0.4, 0.5) is 0 Å². The summed E-state index contributed by atoms with van der Waals surface area (Å²) < 4.78 is 0. The van der Waals surface area contributed by atoms with Crippen LogP contribution in [0.2, 0.25) is 0 Å². The SMILES string of the molecule is Oc1ccc(O)c(C2(O)CCNC2)c1. The van der Waals surface area contributed by atoms with Gasteiger partial charge in [-0.3, -0.25) is 0 Å². The number of rotatable bonds is 1. The van der Waals surface area contributed by atoms with Gasteiger partial charge in [-0.15, -0.1) is 0 Å². The second-order valence-corrected chi connectivity index (χ2v) is 3.66. The van der Waals surface area contributed by atoms with E-state index in [1.807, 2.05) is 0 Å². The molecule has 0 spiro atoms. The van der Waals surface area contributed by atoms with Gasteiger partial charge in [0.05, 0.1) is 0 Å². The minimum Gasteiger partial charge on any atom is -0.508 e. The molecule has 0 saturated carbocycles. The van der Waals surface area contributed by atoms with Gasteiger partial charge in [-0.05, 0) is 31.2 Å². The first-order chi connectivity index (χ1) is 6.62. The summed E-state index contributed by atoms with van der Waals surface area (Å²) in [5.41, 5.74) is -0.662. The Labute approximate surface area is 81.8 Å². The van der Waals surface area contributed by atoms with E-state index in [0.29, 0.717) is 25.1 Å². The number of β-amino-alcohol motifs (C(OH)–C–C–N with tert-alkyl or cyclic N) is 1. The quantitative estimate of drug-likeness (QED) is 0.486. The van der Waals surface area contributed by atoms with Gasteiger partial charge in [0.2, 0.25) is 0 Å². The highest BCUT2D eigenvalue weighted by Gasteiger charge is 2.35. The van der Waals surface area contributed by atoms with E-state index in [4.69, 9.17) is 0 Å². The third-order valence-electron chi connectivity index (χ3n) is 2.61. The Hall–Kier alpha value is -1.26. The Morgan fingerprint density at radius 1 is 1.29 bits per heavy atom. The van der Waals surface area contributed by atoms with E-state index in [-0.39, 0.29) is 11.5 Å². The highest BCUT2D eigenvalue weighted by molar-refractivity contribution is 5.43. The van der Waals surface area contributed by atoms with Crippen LogP contribution in [0.15, 0.2) is 18.2 Å². The molecule has 1 heterocycles. The molecule has 0 aliphatic carbocycles. The number of aromatic hydroxyl groups is 2. The first-order valence-electron chi connectivity index (χ1n) is 4.57. The van der Waals surface area contributed by atoms with Crippen molar-refractivity contribution in [3.63, 3.8) is 0 Å². The summed E-state index contributed by atoms with van der Waals surface area (Å²) in [5, 5.41) is 32.0. The van der Waals surface area contributed by atoms with Crippen molar-refractivity contribution >= 4 is 0 Å². The molecule has 0 bridgehead atoms. The molecule has 1 fully saturated rings. The molecule has 1 saturated heterocycles. The van der Waals surface area contributed by atoms with E-state index in [1.165, 1.54) is 18.2 Å². The fraction of sp³-hybridized carbons (Fsp3) is 0.400. The van der Waals surface area contributed by atoms with Crippen molar-refractivity contribution in [1.29, 1.82) is 0 Å². The highest BCUT2D eigenvalue weighted by atomic mass is 16.3. The van der Waals surface area contributed by atoms with Crippen molar-refractivity contribution < 1.29 is 15.3 Å². The Morgan fingerprint density at radius 2 is 2.07 bits per heavy atom. The van der Waals surface area contributed by atoms with Gasteiger partial charge in [-0.1, -0.05) is 0 Å². The molecule has 0 aromatic heterocycles. The summed E-state index contributed by atoms with van der Waals surface area (Å²) in [4.78, 5) is 0. The molecule has 4 heteroatoms. The van der Waals surface area contributed by atoms with E-state index in [9.17, 15) is 15.3 Å². The normalized spacial score (nSPS) is 26.6. The van der Waals surface area contributed by atoms with Gasteiger partial charge < -0.3 is 20.6 Å². The van der Waals surface area contributed by atoms with Gasteiger partial charge >= 0.3 is 0 Å². The molecule has 0 radical (unpaired) electrons. The predicted octanol–water partition coefficient (Wildman–Crippen LogP) is 0.279. The summed E-state index contributed by atoms with van der Waals surface area (Å²) in [7, 11) is 0. The van der Waals surface area contributed by atoms with Crippen LogP contribution in [0, 0.1) is 0 Å². The maximum atomic E-state index is 10.1. The lowest BCUT2D eigenvalue weighted by atomic mass is 9.92. The van der Waals surface area contributed by atoms with Crippen LogP contribution in [-0.2, 0) is 5.60 Å². The standard InChI is InChI=1S/C10H13NO3/c12-7-1-2-9(13)8(5-7)10(14)3-4-11-6-10/h1-2,5,11-14H,3-4,6H2. The Kier molecular flexibility index (Phi) is 2.09. The van der Waals surface area contributed by atoms with Crippen molar-refractivity contribution in [1.82, 2.24) is 5.32 Å². The summed E-state index contributed by atoms with van der Waals surface area (Å²) in [6, 6.07) is 4.19. The third kappa shape index (κ3) is 1.42. The van der Waals surface area contributed by atoms with Crippen molar-refractivity contribution in [2.24, 2.45) is 0 Å². The highest BCUT2D eigenvalue weighted by Crippen LogP contribution is 2.35. The number of phenolic OH excluding ortho intramolecular Hbond substituents is 2. The number of phenols is 2. The zero-order valence-electron chi connectivity index (χ0n) is 7.70. The molecular weight excluding hydrogens is 182 g/mol. The maximum Gasteiger partial charge on any atom is 0.121 e. The van der Waals surface area contributed by atoms with E-state index in [0.717, 1.165) is 0 Å². The monoisotopic (exact) mass is 195 g/mol. The number of hydrogen-bond donors (Lipinski definition) is 4. The zero-order chi connectivity index (χ0) is 10.2. The molecule has 1 aliphatic heterocycles. The fourth-order valence-electron chi connectivity index (χ4n) is 1.81. The van der Waals surface area contributed by atoms with E-state index in [2.05, 4.69) is 5.32 Å². The molecule has 1 atom stereocenters. The molecule has 1 aromatic rings. The summed E-state index contributed by atoms with van der Waals surface area (Å²) >= 11 is 0. The molecule has 1 aliphatic rings. The first kappa shape index (κ1) is 9.30. The second-order valence-electron chi connectivity index (χ2n) is 3.66. The number of benzene rings is 1. The van der Waals surface area contributed by atoms with Gasteiger partial charge in [0, 0.05) is 12.1 Å². The summed E-state index contributed by atoms with van der Waals surface area (Å²) in [6.07, 6.45) is 0.546. The fourth-order valence-corrected chi connectivity index (χ4v) is 1.81. The number of nitrogens with one attached hydrogen (secondary N) is 1. The Bertz CT molecular complexity index is 345. The third-order valence-corrected chi connectivity index (χ3v) is 2.61. The van der Waals surface area contributed by atoms with Crippen LogP contribution >= 0.6 is 0 Å². The molecular formula is C10H13NO3. The van der Waals surface area contributed by atoms with Crippen molar-refractivity contribution in [3.8, 4) is 11.5 Å². The average molecular weight is 195 g/mol. The van der Waals surface area contributed by atoms with Crippen LogP contribution < -0.4 is 5.32 Å². The minimum atomic E-state index is -1.05. The van der Waals surface area contributed by atoms with Crippen molar-refractivity contribution in [2.75, 3.05) is 13.1 Å². The smallest absolute Gasteiger partial charge is 0.121 e. The van der Waals surface area contributed by atoms with Gasteiger partial charge in [-0.25, -0.2) is 0 Å². The van der Waals surface area contributed by atoms with Crippen LogP contribution in [0.5, 0.6) is 11.5 Å². The number of aliphatic hydroxyl groups is 1. The molecule has 0 amide bonds. The van der Waals surface area contributed by atoms with Crippen molar-refractivity contribution in [3.05, 3.63) is 23.8 Å². The molecule has 14 heavy (non-hydrogen) atoms. The molecule has 1 aromatic carbocycles. The summed E-state index contributed by atoms with van der Waals surface area (Å²) in [5.74, 6) is 0.0760. The van der Waals surface area contributed by atoms with Crippen LogP contribution in [-0.4, -0.2) is 28.4 Å². The van der Waals surface area contributed by atoms with Crippen LogP contribution in [0.1, 0.15) is 12.0 Å². The van der Waals surface area contributed by atoms with Gasteiger partial charge in [-0.2, -0.15) is 0 Å². The van der Waals surface area contributed by atoms with Crippen molar-refractivity contribution in [2.45, 2.75) is 12.0 Å². The molecule has 2 rings (SSSR count). The molecule has 76 valence electrons. The topological polar surface area (TPSA) is 72.7 Å². The van der Waals surface area contributed by atoms with Gasteiger partial charge in [0.25, 0.3) is 0 Å². The lowest BCUT2D eigenvalue weighted by Gasteiger charge is -2.22. The Morgan fingerprint density at radius 3 is 2.71 bits per heavy atom. The first-order valence-corrected chi connectivity index (χ1v) is 4.57.